The van der Waals surface area contributed by atoms with E-state index in [2.05, 4.69) is 0 Å². The van der Waals surface area contributed by atoms with Gasteiger partial charge in [0.15, 0.2) is 0 Å². The normalized spacial score (nSPS) is 16.4. The van der Waals surface area contributed by atoms with E-state index < -0.39 is 16.1 Å². The molecule has 0 saturated carbocycles. The van der Waals surface area contributed by atoms with Crippen molar-refractivity contribution in [2.24, 2.45) is 0 Å². The van der Waals surface area contributed by atoms with Gasteiger partial charge in [0.1, 0.15) is 0 Å². The number of halogens is 2. The molecule has 1 saturated heterocycles. The highest BCUT2D eigenvalue weighted by atomic mass is 35.5. The first-order valence-electron chi connectivity index (χ1n) is 7.17. The predicted octanol–water partition coefficient (Wildman–Crippen LogP) is 2.60. The molecule has 1 aliphatic rings. The van der Waals surface area contributed by atoms with Gasteiger partial charge in [-0.3, -0.25) is 0 Å². The topological polar surface area (TPSA) is 66.9 Å². The average molecular weight is 381 g/mol. The van der Waals surface area contributed by atoms with Crippen molar-refractivity contribution < 1.29 is 17.9 Å². The number of ether oxygens (including phenoxy) is 1. The minimum Gasteiger partial charge on any atom is -0.450 e. The van der Waals surface area contributed by atoms with Crippen LogP contribution in [0.5, 0.6) is 0 Å². The highest BCUT2D eigenvalue weighted by Gasteiger charge is 2.29. The number of hydrogen-bond donors (Lipinski definition) is 0. The zero-order chi connectivity index (χ0) is 17.0. The fraction of sp³-hybridized carbons (Fsp3) is 0.500. The molecule has 0 spiro atoms. The van der Waals surface area contributed by atoms with Gasteiger partial charge in [0.2, 0.25) is 10.0 Å². The molecule has 1 amide bonds. The third kappa shape index (κ3) is 4.73. The Bertz CT molecular complexity index is 673. The standard InChI is InChI=1S/C14H18Cl2N2O4S/c1-2-22-14(19)17-5-7-18(8-6-17)23(20,21)10-11-3-4-12(15)9-13(11)16/h3-4,9H,2,5-8,10H2,1H3. The largest absolute Gasteiger partial charge is 0.450 e. The van der Waals surface area contributed by atoms with E-state index >= 15 is 0 Å². The highest BCUT2D eigenvalue weighted by molar-refractivity contribution is 7.88. The number of hydrogen-bond acceptors (Lipinski definition) is 4. The lowest BCUT2D eigenvalue weighted by Crippen LogP contribution is -2.50. The molecule has 0 atom stereocenters. The summed E-state index contributed by atoms with van der Waals surface area (Å²) >= 11 is 11.9. The lowest BCUT2D eigenvalue weighted by molar-refractivity contribution is 0.0934. The van der Waals surface area contributed by atoms with Gasteiger partial charge in [0.05, 0.1) is 12.4 Å². The summed E-state index contributed by atoms with van der Waals surface area (Å²) in [4.78, 5) is 13.1. The van der Waals surface area contributed by atoms with E-state index in [9.17, 15) is 13.2 Å². The van der Waals surface area contributed by atoms with Crippen LogP contribution in [0.15, 0.2) is 18.2 Å². The second-order valence-electron chi connectivity index (χ2n) is 5.08. The Morgan fingerprint density at radius 2 is 1.87 bits per heavy atom. The summed E-state index contributed by atoms with van der Waals surface area (Å²) in [5.41, 5.74) is 0.504. The van der Waals surface area contributed by atoms with Crippen molar-refractivity contribution in [1.82, 2.24) is 9.21 Å². The summed E-state index contributed by atoms with van der Waals surface area (Å²) in [7, 11) is -3.51. The van der Waals surface area contributed by atoms with E-state index in [0.717, 1.165) is 0 Å². The fourth-order valence-electron chi connectivity index (χ4n) is 2.29. The molecule has 0 N–H and O–H groups in total. The van der Waals surface area contributed by atoms with Gasteiger partial charge in [-0.1, -0.05) is 29.3 Å². The number of piperazine rings is 1. The first-order valence-corrected chi connectivity index (χ1v) is 9.53. The second-order valence-corrected chi connectivity index (χ2v) is 7.89. The number of carbonyl (C=O) groups excluding carboxylic acids is 1. The van der Waals surface area contributed by atoms with Crippen molar-refractivity contribution in [2.75, 3.05) is 32.8 Å². The Kier molecular flexibility index (Phi) is 6.13. The van der Waals surface area contributed by atoms with E-state index in [4.69, 9.17) is 27.9 Å². The summed E-state index contributed by atoms with van der Waals surface area (Å²) in [6.07, 6.45) is -0.412. The van der Waals surface area contributed by atoms with E-state index in [1.54, 1.807) is 19.1 Å². The minimum absolute atomic E-state index is 0.192. The third-order valence-corrected chi connectivity index (χ3v) is 5.93. The van der Waals surface area contributed by atoms with Crippen molar-refractivity contribution in [1.29, 1.82) is 0 Å². The molecule has 23 heavy (non-hydrogen) atoms. The van der Waals surface area contributed by atoms with Crippen LogP contribution in [0.25, 0.3) is 0 Å². The SMILES string of the molecule is CCOC(=O)N1CCN(S(=O)(=O)Cc2ccc(Cl)cc2Cl)CC1. The Morgan fingerprint density at radius 1 is 1.22 bits per heavy atom. The van der Waals surface area contributed by atoms with Crippen molar-refractivity contribution in [3.8, 4) is 0 Å². The molecule has 1 aromatic carbocycles. The molecule has 9 heteroatoms. The number of nitrogens with zero attached hydrogens (tertiary/aromatic N) is 2. The molecule has 1 fully saturated rings. The van der Waals surface area contributed by atoms with Crippen LogP contribution in [-0.2, 0) is 20.5 Å². The zero-order valence-corrected chi connectivity index (χ0v) is 15.0. The van der Waals surface area contributed by atoms with Gasteiger partial charge in [0.25, 0.3) is 0 Å². The molecule has 1 aliphatic heterocycles. The number of amides is 1. The summed E-state index contributed by atoms with van der Waals surface area (Å²) in [5, 5.41) is 0.783. The van der Waals surface area contributed by atoms with Crippen LogP contribution in [0.2, 0.25) is 10.0 Å². The molecular formula is C14H18Cl2N2O4S. The Labute approximate surface area is 146 Å². The molecule has 0 radical (unpaired) electrons. The van der Waals surface area contributed by atoms with Crippen LogP contribution in [0.4, 0.5) is 4.79 Å². The summed E-state index contributed by atoms with van der Waals surface area (Å²) in [6, 6.07) is 4.74. The van der Waals surface area contributed by atoms with Crippen molar-refractivity contribution in [3.05, 3.63) is 33.8 Å². The molecule has 1 aromatic rings. The number of rotatable bonds is 4. The Hall–Kier alpha value is -1.02. The number of benzene rings is 1. The zero-order valence-electron chi connectivity index (χ0n) is 12.7. The quantitative estimate of drug-likeness (QED) is 0.804. The van der Waals surface area contributed by atoms with Crippen molar-refractivity contribution in [3.63, 3.8) is 0 Å². The maximum Gasteiger partial charge on any atom is 0.409 e. The predicted molar refractivity (Wildman–Crippen MR) is 89.3 cm³/mol. The third-order valence-electron chi connectivity index (χ3n) is 3.51. The van der Waals surface area contributed by atoms with Crippen molar-refractivity contribution >= 4 is 39.3 Å². The molecule has 2 rings (SSSR count). The molecule has 1 heterocycles. The van der Waals surface area contributed by atoms with Crippen LogP contribution in [0, 0.1) is 0 Å². The average Bonchev–Trinajstić information content (AvgIpc) is 2.50. The Morgan fingerprint density at radius 3 is 2.43 bits per heavy atom. The van der Waals surface area contributed by atoms with Gasteiger partial charge < -0.3 is 9.64 Å². The first kappa shape index (κ1) is 18.3. The second kappa shape index (κ2) is 7.70. The van der Waals surface area contributed by atoms with Crippen LogP contribution < -0.4 is 0 Å². The monoisotopic (exact) mass is 380 g/mol. The summed E-state index contributed by atoms with van der Waals surface area (Å²) in [6.45, 7) is 3.14. The first-order chi connectivity index (χ1) is 10.8. The smallest absolute Gasteiger partial charge is 0.409 e. The minimum atomic E-state index is -3.51. The van der Waals surface area contributed by atoms with Gasteiger partial charge in [-0.15, -0.1) is 0 Å². The highest BCUT2D eigenvalue weighted by Crippen LogP contribution is 2.24. The van der Waals surface area contributed by atoms with Crippen molar-refractivity contribution in [2.45, 2.75) is 12.7 Å². The van der Waals surface area contributed by atoms with Gasteiger partial charge >= 0.3 is 6.09 Å². The van der Waals surface area contributed by atoms with Gasteiger partial charge in [-0.05, 0) is 24.6 Å². The van der Waals surface area contributed by atoms with Gasteiger partial charge in [-0.2, -0.15) is 4.31 Å². The number of carbonyl (C=O) groups is 1. The molecule has 128 valence electrons. The van der Waals surface area contributed by atoms with Crippen LogP contribution in [0.3, 0.4) is 0 Å². The van der Waals surface area contributed by atoms with Crippen LogP contribution >= 0.6 is 23.2 Å². The van der Waals surface area contributed by atoms with E-state index in [0.29, 0.717) is 35.3 Å². The maximum atomic E-state index is 12.5. The maximum absolute atomic E-state index is 12.5. The van der Waals surface area contributed by atoms with Crippen LogP contribution in [0.1, 0.15) is 12.5 Å². The molecule has 0 unspecified atom stereocenters. The lowest BCUT2D eigenvalue weighted by Gasteiger charge is -2.33. The van der Waals surface area contributed by atoms with E-state index in [-0.39, 0.29) is 18.8 Å². The molecule has 0 aliphatic carbocycles. The molecular weight excluding hydrogens is 363 g/mol. The number of sulfonamides is 1. The van der Waals surface area contributed by atoms with E-state index in [1.807, 2.05) is 0 Å². The Balaban J connectivity index is 2.00. The van der Waals surface area contributed by atoms with Crippen LogP contribution in [-0.4, -0.2) is 56.5 Å². The lowest BCUT2D eigenvalue weighted by atomic mass is 10.2. The summed E-state index contributed by atoms with van der Waals surface area (Å²) < 4.78 is 31.3. The molecule has 0 aromatic heterocycles. The molecule has 0 bridgehead atoms. The summed E-state index contributed by atoms with van der Waals surface area (Å²) in [5.74, 6) is -0.192. The fourth-order valence-corrected chi connectivity index (χ4v) is 4.39. The van der Waals surface area contributed by atoms with Gasteiger partial charge in [-0.25, -0.2) is 13.2 Å². The van der Waals surface area contributed by atoms with E-state index in [1.165, 1.54) is 15.3 Å². The molecule has 6 nitrogen and oxygen atoms in total. The van der Waals surface area contributed by atoms with Gasteiger partial charge in [0, 0.05) is 36.2 Å².